The lowest BCUT2D eigenvalue weighted by molar-refractivity contribution is -0.141. The molecular formula is C14H19NO4S. The summed E-state index contributed by atoms with van der Waals surface area (Å²) in [6.07, 6.45) is 1.59. The summed E-state index contributed by atoms with van der Waals surface area (Å²) in [6, 6.07) is 4.75. The van der Waals surface area contributed by atoms with Crippen LogP contribution < -0.4 is 4.72 Å². The molecule has 20 heavy (non-hydrogen) atoms. The fourth-order valence-electron chi connectivity index (χ4n) is 2.35. The summed E-state index contributed by atoms with van der Waals surface area (Å²) in [4.78, 5) is 11.2. The molecule has 0 aliphatic heterocycles. The van der Waals surface area contributed by atoms with E-state index in [1.807, 2.05) is 13.8 Å². The number of nitrogens with one attached hydrogen (secondary N) is 1. The van der Waals surface area contributed by atoms with Crippen LogP contribution in [0.3, 0.4) is 0 Å². The van der Waals surface area contributed by atoms with Gasteiger partial charge in [0.25, 0.3) is 0 Å². The van der Waals surface area contributed by atoms with E-state index in [-0.39, 0.29) is 10.9 Å². The minimum atomic E-state index is -3.53. The maximum atomic E-state index is 12.2. The van der Waals surface area contributed by atoms with Crippen LogP contribution in [0.1, 0.15) is 31.4 Å². The summed E-state index contributed by atoms with van der Waals surface area (Å²) in [7, 11) is -3.53. The van der Waals surface area contributed by atoms with Gasteiger partial charge in [0.15, 0.2) is 0 Å². The maximum absolute atomic E-state index is 12.2. The first kappa shape index (κ1) is 15.0. The van der Waals surface area contributed by atoms with Crippen molar-refractivity contribution in [1.82, 2.24) is 4.72 Å². The van der Waals surface area contributed by atoms with Crippen LogP contribution in [0.4, 0.5) is 0 Å². The summed E-state index contributed by atoms with van der Waals surface area (Å²) in [6.45, 7) is 3.72. The minimum absolute atomic E-state index is 0.125. The standard InChI is InChI=1S/C14H19NO4S/c1-3-9(2)15-20(18,19)13-5-4-10-6-12(14(16)17)7-11(10)8-13/h4-5,8-9,12,15H,3,6-7H2,1-2H3,(H,16,17)/t9-,12?/m0/s1. The highest BCUT2D eigenvalue weighted by Crippen LogP contribution is 2.29. The Kier molecular flexibility index (Phi) is 4.15. The quantitative estimate of drug-likeness (QED) is 0.864. The molecule has 0 heterocycles. The zero-order valence-electron chi connectivity index (χ0n) is 11.6. The molecule has 2 N–H and O–H groups in total. The molecule has 1 unspecified atom stereocenters. The molecule has 0 fully saturated rings. The first-order valence-electron chi connectivity index (χ1n) is 6.70. The van der Waals surface area contributed by atoms with Gasteiger partial charge in [0.1, 0.15) is 0 Å². The third kappa shape index (κ3) is 3.02. The molecule has 0 amide bonds. The van der Waals surface area contributed by atoms with Crippen molar-refractivity contribution in [3.05, 3.63) is 29.3 Å². The lowest BCUT2D eigenvalue weighted by atomic mass is 10.1. The fraction of sp³-hybridized carbons (Fsp3) is 0.500. The summed E-state index contributed by atoms with van der Waals surface area (Å²) >= 11 is 0. The molecule has 6 heteroatoms. The number of carboxylic acid groups (broad SMARTS) is 1. The zero-order valence-corrected chi connectivity index (χ0v) is 12.4. The Balaban J connectivity index is 2.26. The van der Waals surface area contributed by atoms with E-state index in [1.54, 1.807) is 18.2 Å². The first-order valence-corrected chi connectivity index (χ1v) is 8.18. The van der Waals surface area contributed by atoms with Crippen LogP contribution in [0.25, 0.3) is 0 Å². The molecule has 5 nitrogen and oxygen atoms in total. The van der Waals surface area contributed by atoms with Crippen molar-refractivity contribution < 1.29 is 18.3 Å². The van der Waals surface area contributed by atoms with Gasteiger partial charge >= 0.3 is 5.97 Å². The largest absolute Gasteiger partial charge is 0.481 e. The van der Waals surface area contributed by atoms with Gasteiger partial charge in [0.05, 0.1) is 10.8 Å². The SMILES string of the molecule is CC[C@H](C)NS(=O)(=O)c1ccc2c(c1)CC(C(=O)O)C2. The Morgan fingerprint density at radius 2 is 2.05 bits per heavy atom. The smallest absolute Gasteiger partial charge is 0.307 e. The van der Waals surface area contributed by atoms with E-state index in [4.69, 9.17) is 5.11 Å². The second-order valence-corrected chi connectivity index (χ2v) is 7.02. The summed E-state index contributed by atoms with van der Waals surface area (Å²) < 4.78 is 27.0. The number of carboxylic acids is 1. The van der Waals surface area contributed by atoms with Gasteiger partial charge in [-0.2, -0.15) is 0 Å². The average Bonchev–Trinajstić information content (AvgIpc) is 2.81. The average molecular weight is 297 g/mol. The third-order valence-electron chi connectivity index (χ3n) is 3.74. The van der Waals surface area contributed by atoms with Crippen molar-refractivity contribution in [2.24, 2.45) is 5.92 Å². The first-order chi connectivity index (χ1) is 9.33. The summed E-state index contributed by atoms with van der Waals surface area (Å²) in [5, 5.41) is 9.03. The van der Waals surface area contributed by atoms with Crippen LogP contribution in [-0.4, -0.2) is 25.5 Å². The number of carbonyl (C=O) groups is 1. The Labute approximate surface area is 119 Å². The molecule has 110 valence electrons. The van der Waals surface area contributed by atoms with Crippen LogP contribution in [0.5, 0.6) is 0 Å². The molecule has 0 radical (unpaired) electrons. The molecule has 2 atom stereocenters. The van der Waals surface area contributed by atoms with Crippen molar-refractivity contribution in [2.75, 3.05) is 0 Å². The number of benzene rings is 1. The molecule has 0 saturated heterocycles. The normalized spacial score (nSPS) is 19.6. The van der Waals surface area contributed by atoms with Gasteiger partial charge in [-0.25, -0.2) is 13.1 Å². The van der Waals surface area contributed by atoms with Gasteiger partial charge in [0.2, 0.25) is 10.0 Å². The molecular weight excluding hydrogens is 278 g/mol. The van der Waals surface area contributed by atoms with Crippen LogP contribution in [-0.2, 0) is 27.7 Å². The number of aliphatic carboxylic acids is 1. The molecule has 0 spiro atoms. The highest BCUT2D eigenvalue weighted by molar-refractivity contribution is 7.89. The van der Waals surface area contributed by atoms with Gasteiger partial charge in [-0.05, 0) is 49.4 Å². The van der Waals surface area contributed by atoms with Crippen molar-refractivity contribution >= 4 is 16.0 Å². The lowest BCUT2D eigenvalue weighted by Gasteiger charge is -2.12. The molecule has 2 rings (SSSR count). The molecule has 1 aromatic carbocycles. The van der Waals surface area contributed by atoms with Crippen molar-refractivity contribution in [3.63, 3.8) is 0 Å². The number of hydrogen-bond acceptors (Lipinski definition) is 3. The van der Waals surface area contributed by atoms with E-state index in [2.05, 4.69) is 4.72 Å². The fourth-order valence-corrected chi connectivity index (χ4v) is 3.73. The van der Waals surface area contributed by atoms with E-state index in [0.29, 0.717) is 19.3 Å². The van der Waals surface area contributed by atoms with Crippen LogP contribution >= 0.6 is 0 Å². The molecule has 0 bridgehead atoms. The lowest BCUT2D eigenvalue weighted by Crippen LogP contribution is -2.32. The van der Waals surface area contributed by atoms with E-state index in [0.717, 1.165) is 11.1 Å². The molecule has 1 aromatic rings. The number of sulfonamides is 1. The topological polar surface area (TPSA) is 83.5 Å². The predicted molar refractivity (Wildman–Crippen MR) is 75.1 cm³/mol. The van der Waals surface area contributed by atoms with Gasteiger partial charge < -0.3 is 5.11 Å². The second-order valence-electron chi connectivity index (χ2n) is 5.30. The van der Waals surface area contributed by atoms with Gasteiger partial charge in [-0.1, -0.05) is 13.0 Å². The monoisotopic (exact) mass is 297 g/mol. The molecule has 0 aromatic heterocycles. The van der Waals surface area contributed by atoms with Crippen molar-refractivity contribution in [1.29, 1.82) is 0 Å². The Morgan fingerprint density at radius 1 is 1.40 bits per heavy atom. The molecule has 0 saturated carbocycles. The molecule has 1 aliphatic carbocycles. The zero-order chi connectivity index (χ0) is 14.9. The van der Waals surface area contributed by atoms with Crippen LogP contribution in [0, 0.1) is 5.92 Å². The van der Waals surface area contributed by atoms with Crippen LogP contribution in [0.15, 0.2) is 23.1 Å². The summed E-state index contributed by atoms with van der Waals surface area (Å²) in [5.41, 5.74) is 1.75. The van der Waals surface area contributed by atoms with Gasteiger partial charge in [0, 0.05) is 6.04 Å². The van der Waals surface area contributed by atoms with E-state index in [1.165, 1.54) is 0 Å². The predicted octanol–water partition coefficient (Wildman–Crippen LogP) is 1.56. The van der Waals surface area contributed by atoms with E-state index < -0.39 is 21.9 Å². The third-order valence-corrected chi connectivity index (χ3v) is 5.33. The Hall–Kier alpha value is -1.40. The number of rotatable bonds is 5. The van der Waals surface area contributed by atoms with Gasteiger partial charge in [-0.3, -0.25) is 4.79 Å². The molecule has 1 aliphatic rings. The van der Waals surface area contributed by atoms with E-state index >= 15 is 0 Å². The van der Waals surface area contributed by atoms with Gasteiger partial charge in [-0.15, -0.1) is 0 Å². The van der Waals surface area contributed by atoms with Crippen molar-refractivity contribution in [2.45, 2.75) is 44.0 Å². The Bertz CT molecular complexity index is 624. The summed E-state index contributed by atoms with van der Waals surface area (Å²) in [5.74, 6) is -1.27. The number of hydrogen-bond donors (Lipinski definition) is 2. The number of fused-ring (bicyclic) bond motifs is 1. The van der Waals surface area contributed by atoms with Crippen molar-refractivity contribution in [3.8, 4) is 0 Å². The second kappa shape index (κ2) is 5.54. The van der Waals surface area contributed by atoms with E-state index in [9.17, 15) is 13.2 Å². The Morgan fingerprint density at radius 3 is 2.65 bits per heavy atom. The minimum Gasteiger partial charge on any atom is -0.481 e. The highest BCUT2D eigenvalue weighted by atomic mass is 32.2. The highest BCUT2D eigenvalue weighted by Gasteiger charge is 2.28. The van der Waals surface area contributed by atoms with Crippen LogP contribution in [0.2, 0.25) is 0 Å². The maximum Gasteiger partial charge on any atom is 0.307 e.